The number of aromatic amines is 1. The summed E-state index contributed by atoms with van der Waals surface area (Å²) in [4.78, 5) is 40.7. The molecule has 4 aromatic rings. The number of carboxylic acid groups (broad SMARTS) is 1. The number of H-pyrrole nitrogens is 1. The molecular formula is C29H23ClFN3O5. The largest absolute Gasteiger partial charge is 0.494 e. The molecule has 5 rings (SSSR count). The van der Waals surface area contributed by atoms with Crippen molar-refractivity contribution in [1.29, 1.82) is 0 Å². The van der Waals surface area contributed by atoms with Crippen molar-refractivity contribution in [3.8, 4) is 16.9 Å². The Hall–Kier alpha value is -4.50. The van der Waals surface area contributed by atoms with Crippen LogP contribution in [0.3, 0.4) is 0 Å². The Labute approximate surface area is 227 Å². The number of carbonyl (C=O) groups excluding carboxylic acids is 1. The summed E-state index contributed by atoms with van der Waals surface area (Å²) in [6, 6.07) is 18.0. The summed E-state index contributed by atoms with van der Waals surface area (Å²) in [5.41, 5.74) is 2.49. The van der Waals surface area contributed by atoms with E-state index in [1.807, 2.05) is 30.3 Å². The number of ether oxygens (including phenoxy) is 1. The zero-order valence-corrected chi connectivity index (χ0v) is 21.5. The van der Waals surface area contributed by atoms with Gasteiger partial charge in [-0.2, -0.15) is 5.10 Å². The summed E-state index contributed by atoms with van der Waals surface area (Å²) in [7, 11) is 1.35. The average molecular weight is 548 g/mol. The third kappa shape index (κ3) is 5.13. The first-order valence-corrected chi connectivity index (χ1v) is 12.5. The van der Waals surface area contributed by atoms with Gasteiger partial charge in [-0.15, -0.1) is 0 Å². The highest BCUT2D eigenvalue weighted by molar-refractivity contribution is 6.31. The maximum atomic E-state index is 14.7. The third-order valence-corrected chi connectivity index (χ3v) is 6.84. The topological polar surface area (TPSA) is 112 Å². The van der Waals surface area contributed by atoms with E-state index in [0.717, 1.165) is 10.6 Å². The third-order valence-electron chi connectivity index (χ3n) is 6.61. The van der Waals surface area contributed by atoms with Crippen LogP contribution in [0.25, 0.3) is 22.0 Å². The predicted molar refractivity (Wildman–Crippen MR) is 146 cm³/mol. The quantitative estimate of drug-likeness (QED) is 0.315. The van der Waals surface area contributed by atoms with Crippen LogP contribution in [-0.4, -0.2) is 39.8 Å². The number of fused-ring (bicyclic) bond motifs is 1. The lowest BCUT2D eigenvalue weighted by molar-refractivity contribution is -0.141. The first-order chi connectivity index (χ1) is 18.8. The molecule has 1 aliphatic rings. The van der Waals surface area contributed by atoms with E-state index in [1.165, 1.54) is 19.2 Å². The molecule has 0 radical (unpaired) electrons. The van der Waals surface area contributed by atoms with Crippen molar-refractivity contribution >= 4 is 40.1 Å². The van der Waals surface area contributed by atoms with Gasteiger partial charge in [0.1, 0.15) is 0 Å². The van der Waals surface area contributed by atoms with E-state index in [0.29, 0.717) is 32.8 Å². The Morgan fingerprint density at radius 1 is 1.10 bits per heavy atom. The summed E-state index contributed by atoms with van der Waals surface area (Å²) in [6.07, 6.45) is -0.607. The monoisotopic (exact) mass is 547 g/mol. The fourth-order valence-electron chi connectivity index (χ4n) is 4.81. The molecule has 0 spiro atoms. The van der Waals surface area contributed by atoms with Gasteiger partial charge in [0.05, 0.1) is 30.8 Å². The molecule has 39 heavy (non-hydrogen) atoms. The van der Waals surface area contributed by atoms with E-state index in [2.05, 4.69) is 10.1 Å². The zero-order chi connectivity index (χ0) is 27.7. The number of hydrogen-bond donors (Lipinski definition) is 2. The summed E-state index contributed by atoms with van der Waals surface area (Å²) in [5, 5.41) is 16.0. The van der Waals surface area contributed by atoms with Crippen LogP contribution in [-0.2, 0) is 9.59 Å². The highest BCUT2D eigenvalue weighted by Gasteiger charge is 2.36. The summed E-state index contributed by atoms with van der Waals surface area (Å²) in [5.74, 6) is -2.27. The van der Waals surface area contributed by atoms with Gasteiger partial charge >= 0.3 is 5.97 Å². The van der Waals surface area contributed by atoms with Crippen LogP contribution >= 0.6 is 11.6 Å². The van der Waals surface area contributed by atoms with Crippen LogP contribution in [0.15, 0.2) is 76.6 Å². The van der Waals surface area contributed by atoms with Crippen LogP contribution in [0.1, 0.15) is 36.4 Å². The molecule has 2 N–H and O–H groups in total. The van der Waals surface area contributed by atoms with E-state index in [1.54, 1.807) is 24.3 Å². The second-order valence-corrected chi connectivity index (χ2v) is 9.49. The molecule has 10 heteroatoms. The molecule has 0 bridgehead atoms. The molecular weight excluding hydrogens is 525 g/mol. The van der Waals surface area contributed by atoms with Crippen LogP contribution in [0.5, 0.6) is 5.75 Å². The lowest BCUT2D eigenvalue weighted by atomic mass is 9.91. The van der Waals surface area contributed by atoms with Gasteiger partial charge in [0.25, 0.3) is 5.56 Å². The number of nitrogens with one attached hydrogen (secondary N) is 1. The lowest BCUT2D eigenvalue weighted by Crippen LogP contribution is -2.27. The lowest BCUT2D eigenvalue weighted by Gasteiger charge is -2.22. The van der Waals surface area contributed by atoms with Crippen LogP contribution in [0, 0.1) is 5.82 Å². The van der Waals surface area contributed by atoms with Crippen molar-refractivity contribution in [2.24, 2.45) is 5.10 Å². The maximum Gasteiger partial charge on any atom is 0.303 e. The molecule has 1 aliphatic heterocycles. The van der Waals surface area contributed by atoms with E-state index >= 15 is 0 Å². The summed E-state index contributed by atoms with van der Waals surface area (Å²) < 4.78 is 19.7. The first kappa shape index (κ1) is 26.1. The van der Waals surface area contributed by atoms with E-state index in [4.69, 9.17) is 21.4 Å². The normalized spacial score (nSPS) is 14.9. The van der Waals surface area contributed by atoms with Gasteiger partial charge in [-0.05, 0) is 41.5 Å². The number of hydrogen-bond acceptors (Lipinski definition) is 5. The Morgan fingerprint density at radius 3 is 2.56 bits per heavy atom. The number of benzene rings is 3. The van der Waals surface area contributed by atoms with Gasteiger partial charge in [-0.25, -0.2) is 9.40 Å². The molecule has 2 heterocycles. The molecule has 1 unspecified atom stereocenters. The van der Waals surface area contributed by atoms with Crippen molar-refractivity contribution < 1.29 is 23.8 Å². The van der Waals surface area contributed by atoms with Gasteiger partial charge in [-0.3, -0.25) is 14.4 Å². The maximum absolute atomic E-state index is 14.7. The Kier molecular flexibility index (Phi) is 7.17. The first-order valence-electron chi connectivity index (χ1n) is 12.1. The number of methoxy groups -OCH3 is 1. The van der Waals surface area contributed by atoms with E-state index in [9.17, 15) is 18.8 Å². The van der Waals surface area contributed by atoms with Gasteiger partial charge < -0.3 is 14.8 Å². The van der Waals surface area contributed by atoms with Crippen molar-refractivity contribution in [1.82, 2.24) is 9.99 Å². The smallest absolute Gasteiger partial charge is 0.303 e. The van der Waals surface area contributed by atoms with E-state index in [-0.39, 0.29) is 24.2 Å². The molecule has 1 amide bonds. The van der Waals surface area contributed by atoms with Crippen molar-refractivity contribution in [3.63, 3.8) is 0 Å². The van der Waals surface area contributed by atoms with Gasteiger partial charge in [0.15, 0.2) is 11.6 Å². The second kappa shape index (κ2) is 10.7. The highest BCUT2D eigenvalue weighted by atomic mass is 35.5. The number of carboxylic acids is 1. The minimum absolute atomic E-state index is 0.0378. The Morgan fingerprint density at radius 2 is 1.87 bits per heavy atom. The predicted octanol–water partition coefficient (Wildman–Crippen LogP) is 5.54. The number of pyridine rings is 1. The average Bonchev–Trinajstić information content (AvgIpc) is 3.36. The Balaban J connectivity index is 1.69. The van der Waals surface area contributed by atoms with Crippen LogP contribution in [0.2, 0.25) is 5.02 Å². The summed E-state index contributed by atoms with van der Waals surface area (Å²) >= 11 is 6.33. The standard InChI is InChI=1S/C29H23ClFN3O5/c1-39-24-10-7-17(13-20(24)31)23-15-22(33-34(23)25(35)11-12-26(36)37)28-27(16-5-3-2-4-6-16)19-14-18(30)8-9-21(19)32-29(28)38/h2-10,13-14,23H,11-12,15H2,1H3,(H,32,38)(H,36,37). The highest BCUT2D eigenvalue weighted by Crippen LogP contribution is 2.38. The van der Waals surface area contributed by atoms with Crippen molar-refractivity contribution in [2.45, 2.75) is 25.3 Å². The molecule has 0 aliphatic carbocycles. The fraction of sp³-hybridized carbons (Fsp3) is 0.172. The zero-order valence-electron chi connectivity index (χ0n) is 20.8. The molecule has 0 fully saturated rings. The summed E-state index contributed by atoms with van der Waals surface area (Å²) in [6.45, 7) is 0. The minimum atomic E-state index is -1.13. The molecule has 0 saturated carbocycles. The molecule has 198 valence electrons. The SMILES string of the molecule is COc1ccc(C2CC(c3c(-c4ccccc4)c4cc(Cl)ccc4[nH]c3=O)=NN2C(=O)CCC(=O)O)cc1F. The molecule has 8 nitrogen and oxygen atoms in total. The fourth-order valence-corrected chi connectivity index (χ4v) is 4.99. The second-order valence-electron chi connectivity index (χ2n) is 9.05. The van der Waals surface area contributed by atoms with Crippen LogP contribution in [0.4, 0.5) is 4.39 Å². The number of hydrazone groups is 1. The number of aromatic nitrogens is 1. The number of halogens is 2. The van der Waals surface area contributed by atoms with Crippen molar-refractivity contribution in [3.05, 3.63) is 99.1 Å². The molecule has 1 atom stereocenters. The molecule has 1 aromatic heterocycles. The minimum Gasteiger partial charge on any atom is -0.494 e. The van der Waals surface area contributed by atoms with Gasteiger partial charge in [-0.1, -0.05) is 48.0 Å². The van der Waals surface area contributed by atoms with E-state index < -0.39 is 35.7 Å². The Bertz CT molecular complexity index is 1690. The number of amides is 1. The number of nitrogens with zero attached hydrogens (tertiary/aromatic N) is 2. The molecule has 3 aromatic carbocycles. The number of aliphatic carboxylic acids is 1. The van der Waals surface area contributed by atoms with Crippen molar-refractivity contribution in [2.75, 3.05) is 7.11 Å². The van der Waals surface area contributed by atoms with Gasteiger partial charge in [0, 0.05) is 34.3 Å². The molecule has 0 saturated heterocycles. The number of rotatable bonds is 7. The van der Waals surface area contributed by atoms with Gasteiger partial charge in [0.2, 0.25) is 5.91 Å². The number of carbonyl (C=O) groups is 2. The van der Waals surface area contributed by atoms with Crippen LogP contribution < -0.4 is 10.3 Å².